The first-order valence-electron chi connectivity index (χ1n) is 6.61. The van der Waals surface area contributed by atoms with E-state index in [2.05, 4.69) is 15.5 Å². The zero-order valence-corrected chi connectivity index (χ0v) is 11.6. The lowest BCUT2D eigenvalue weighted by Gasteiger charge is -2.16. The minimum atomic E-state index is -0.902. The van der Waals surface area contributed by atoms with E-state index in [9.17, 15) is 9.90 Å². The molecule has 0 saturated carbocycles. The van der Waals surface area contributed by atoms with Crippen LogP contribution in [0, 0.1) is 5.92 Å². The fraction of sp³-hybridized carbons (Fsp3) is 0.429. The molecule has 0 aliphatic carbocycles. The van der Waals surface area contributed by atoms with E-state index >= 15 is 0 Å². The van der Waals surface area contributed by atoms with Gasteiger partial charge in [0.25, 0.3) is 0 Å². The first-order chi connectivity index (χ1) is 9.58. The molecule has 6 nitrogen and oxygen atoms in total. The van der Waals surface area contributed by atoms with Crippen molar-refractivity contribution in [1.29, 1.82) is 0 Å². The minimum Gasteiger partial charge on any atom is -0.480 e. The van der Waals surface area contributed by atoms with Gasteiger partial charge in [-0.25, -0.2) is 9.48 Å². The van der Waals surface area contributed by atoms with Gasteiger partial charge in [-0.2, -0.15) is 0 Å². The number of carbonyl (C=O) groups is 1. The SMILES string of the molecule is CC(C)CC(C(=O)O)n1nnnc1Cc1ccccc1. The zero-order chi connectivity index (χ0) is 14.5. The number of aliphatic carboxylic acids is 1. The fourth-order valence-corrected chi connectivity index (χ4v) is 2.10. The zero-order valence-electron chi connectivity index (χ0n) is 11.6. The number of carboxylic acid groups (broad SMARTS) is 1. The van der Waals surface area contributed by atoms with Crippen LogP contribution in [-0.2, 0) is 11.2 Å². The summed E-state index contributed by atoms with van der Waals surface area (Å²) in [6.07, 6.45) is 1.03. The predicted molar refractivity (Wildman–Crippen MR) is 73.2 cm³/mol. The van der Waals surface area contributed by atoms with E-state index in [0.717, 1.165) is 5.56 Å². The highest BCUT2D eigenvalue weighted by Crippen LogP contribution is 2.19. The molecule has 0 aliphatic heterocycles. The van der Waals surface area contributed by atoms with E-state index in [-0.39, 0.29) is 5.92 Å². The number of nitrogens with zero attached hydrogens (tertiary/aromatic N) is 4. The number of benzene rings is 1. The van der Waals surface area contributed by atoms with E-state index in [1.54, 1.807) is 0 Å². The Bertz CT molecular complexity index is 566. The average molecular weight is 274 g/mol. The minimum absolute atomic E-state index is 0.255. The third-order valence-corrected chi connectivity index (χ3v) is 3.04. The topological polar surface area (TPSA) is 80.9 Å². The predicted octanol–water partition coefficient (Wildman–Crippen LogP) is 1.94. The molecule has 1 unspecified atom stereocenters. The number of rotatable bonds is 6. The molecule has 1 N–H and O–H groups in total. The summed E-state index contributed by atoms with van der Waals surface area (Å²) in [5.41, 5.74) is 1.05. The molecule has 0 fully saturated rings. The molecule has 2 aromatic rings. The molecule has 0 spiro atoms. The molecule has 1 aromatic carbocycles. The van der Waals surface area contributed by atoms with Crippen LogP contribution in [0.15, 0.2) is 30.3 Å². The lowest BCUT2D eigenvalue weighted by atomic mass is 10.0. The fourth-order valence-electron chi connectivity index (χ4n) is 2.10. The first-order valence-corrected chi connectivity index (χ1v) is 6.61. The number of aromatic nitrogens is 4. The smallest absolute Gasteiger partial charge is 0.328 e. The highest BCUT2D eigenvalue weighted by molar-refractivity contribution is 5.71. The third-order valence-electron chi connectivity index (χ3n) is 3.04. The largest absolute Gasteiger partial charge is 0.480 e. The monoisotopic (exact) mass is 274 g/mol. The van der Waals surface area contributed by atoms with Crippen molar-refractivity contribution in [2.75, 3.05) is 0 Å². The summed E-state index contributed by atoms with van der Waals surface area (Å²) in [6, 6.07) is 9.03. The van der Waals surface area contributed by atoms with Crippen LogP contribution in [-0.4, -0.2) is 31.3 Å². The van der Waals surface area contributed by atoms with Crippen LogP contribution in [0.3, 0.4) is 0 Å². The van der Waals surface area contributed by atoms with Crippen molar-refractivity contribution in [3.05, 3.63) is 41.7 Å². The van der Waals surface area contributed by atoms with E-state index in [4.69, 9.17) is 0 Å². The maximum atomic E-state index is 11.4. The Morgan fingerprint density at radius 2 is 2.00 bits per heavy atom. The van der Waals surface area contributed by atoms with Crippen LogP contribution in [0.2, 0.25) is 0 Å². The standard InChI is InChI=1S/C14H18N4O2/c1-10(2)8-12(14(19)20)18-13(15-16-17-18)9-11-6-4-3-5-7-11/h3-7,10,12H,8-9H2,1-2H3,(H,19,20). The molecule has 1 heterocycles. The van der Waals surface area contributed by atoms with Crippen molar-refractivity contribution >= 4 is 5.97 Å². The van der Waals surface area contributed by atoms with Gasteiger partial charge in [0.05, 0.1) is 0 Å². The summed E-state index contributed by atoms with van der Waals surface area (Å²) in [6.45, 7) is 3.97. The first kappa shape index (κ1) is 14.2. The summed E-state index contributed by atoms with van der Waals surface area (Å²) in [7, 11) is 0. The maximum Gasteiger partial charge on any atom is 0.328 e. The molecule has 1 aromatic heterocycles. The van der Waals surface area contributed by atoms with E-state index in [1.165, 1.54) is 4.68 Å². The summed E-state index contributed by atoms with van der Waals surface area (Å²) >= 11 is 0. The number of hydrogen-bond acceptors (Lipinski definition) is 4. The van der Waals surface area contributed by atoms with Crippen LogP contribution < -0.4 is 0 Å². The molecule has 0 bridgehead atoms. The van der Waals surface area contributed by atoms with Gasteiger partial charge in [0.1, 0.15) is 0 Å². The van der Waals surface area contributed by atoms with E-state index < -0.39 is 12.0 Å². The highest BCUT2D eigenvalue weighted by Gasteiger charge is 2.25. The Labute approximate surface area is 117 Å². The van der Waals surface area contributed by atoms with Crippen molar-refractivity contribution < 1.29 is 9.90 Å². The Morgan fingerprint density at radius 3 is 2.60 bits per heavy atom. The van der Waals surface area contributed by atoms with Gasteiger partial charge < -0.3 is 5.11 Å². The normalized spacial score (nSPS) is 12.6. The summed E-state index contributed by atoms with van der Waals surface area (Å²) in [5, 5.41) is 20.8. The third kappa shape index (κ3) is 3.40. The van der Waals surface area contributed by atoms with Crippen LogP contribution in [0.4, 0.5) is 0 Å². The van der Waals surface area contributed by atoms with Crippen molar-refractivity contribution in [2.45, 2.75) is 32.7 Å². The molecule has 1 atom stereocenters. The van der Waals surface area contributed by atoms with Gasteiger partial charge in [-0.05, 0) is 28.3 Å². The molecule has 0 saturated heterocycles. The Kier molecular flexibility index (Phi) is 4.45. The number of tetrazole rings is 1. The van der Waals surface area contributed by atoms with Crippen molar-refractivity contribution in [1.82, 2.24) is 20.2 Å². The Hall–Kier alpha value is -2.24. The van der Waals surface area contributed by atoms with Crippen LogP contribution in [0.5, 0.6) is 0 Å². The number of hydrogen-bond donors (Lipinski definition) is 1. The second-order valence-corrected chi connectivity index (χ2v) is 5.19. The second-order valence-electron chi connectivity index (χ2n) is 5.19. The van der Waals surface area contributed by atoms with Gasteiger partial charge in [-0.1, -0.05) is 44.2 Å². The molecule has 6 heteroatoms. The maximum absolute atomic E-state index is 11.4. The van der Waals surface area contributed by atoms with Gasteiger partial charge in [0.15, 0.2) is 11.9 Å². The molecule has 0 amide bonds. The highest BCUT2D eigenvalue weighted by atomic mass is 16.4. The van der Waals surface area contributed by atoms with Gasteiger partial charge in [0.2, 0.25) is 0 Å². The summed E-state index contributed by atoms with van der Waals surface area (Å²) in [5.74, 6) is -0.0746. The van der Waals surface area contributed by atoms with Crippen molar-refractivity contribution in [3.63, 3.8) is 0 Å². The van der Waals surface area contributed by atoms with E-state index in [1.807, 2.05) is 44.2 Å². The molecular weight excluding hydrogens is 256 g/mol. The lowest BCUT2D eigenvalue weighted by molar-refractivity contribution is -0.141. The van der Waals surface area contributed by atoms with E-state index in [0.29, 0.717) is 18.7 Å². The Balaban J connectivity index is 2.24. The quantitative estimate of drug-likeness (QED) is 0.870. The molecule has 0 radical (unpaired) electrons. The molecule has 2 rings (SSSR count). The summed E-state index contributed by atoms with van der Waals surface area (Å²) in [4.78, 5) is 11.4. The molecular formula is C14H18N4O2. The number of carboxylic acids is 1. The second kappa shape index (κ2) is 6.27. The van der Waals surface area contributed by atoms with Gasteiger partial charge in [-0.15, -0.1) is 5.10 Å². The van der Waals surface area contributed by atoms with Crippen LogP contribution >= 0.6 is 0 Å². The lowest BCUT2D eigenvalue weighted by Crippen LogP contribution is -2.24. The average Bonchev–Trinajstić information content (AvgIpc) is 2.84. The van der Waals surface area contributed by atoms with Crippen LogP contribution in [0.25, 0.3) is 0 Å². The van der Waals surface area contributed by atoms with Crippen molar-refractivity contribution in [3.8, 4) is 0 Å². The van der Waals surface area contributed by atoms with Gasteiger partial charge in [-0.3, -0.25) is 0 Å². The Morgan fingerprint density at radius 1 is 1.30 bits per heavy atom. The molecule has 106 valence electrons. The summed E-state index contributed by atoms with van der Waals surface area (Å²) < 4.78 is 1.43. The van der Waals surface area contributed by atoms with Crippen molar-refractivity contribution in [2.24, 2.45) is 5.92 Å². The van der Waals surface area contributed by atoms with Crippen LogP contribution in [0.1, 0.15) is 37.7 Å². The van der Waals surface area contributed by atoms with Gasteiger partial charge in [0, 0.05) is 6.42 Å². The molecule has 20 heavy (non-hydrogen) atoms. The van der Waals surface area contributed by atoms with Gasteiger partial charge >= 0.3 is 5.97 Å². The molecule has 0 aliphatic rings.